The number of carbonyl (C=O) groups is 1. The van der Waals surface area contributed by atoms with E-state index in [1.54, 1.807) is 16.9 Å². The molecule has 3 heterocycles. The van der Waals surface area contributed by atoms with E-state index in [0.717, 1.165) is 5.56 Å². The maximum absolute atomic E-state index is 13.0. The molecule has 0 saturated carbocycles. The standard InChI is InChI=1S/C21H17F3N4O2/c22-21(23,24)14-27(13-18-7-4-8-30-18)20(29)17-9-16-11-26-28(19(16)25-10-17)12-15-5-2-1-3-6-15/h1-11H,12-14H2. The second kappa shape index (κ2) is 8.02. The summed E-state index contributed by atoms with van der Waals surface area (Å²) in [5.74, 6) is -0.522. The molecule has 154 valence electrons. The van der Waals surface area contributed by atoms with E-state index >= 15 is 0 Å². The number of alkyl halides is 3. The van der Waals surface area contributed by atoms with Crippen LogP contribution in [0.3, 0.4) is 0 Å². The number of rotatable bonds is 6. The summed E-state index contributed by atoms with van der Waals surface area (Å²) in [5, 5.41) is 4.86. The molecule has 1 amide bonds. The molecule has 1 aromatic carbocycles. The first kappa shape index (κ1) is 19.7. The predicted molar refractivity (Wildman–Crippen MR) is 103 cm³/mol. The van der Waals surface area contributed by atoms with Gasteiger partial charge in [0.25, 0.3) is 5.91 Å². The van der Waals surface area contributed by atoms with E-state index in [2.05, 4.69) is 10.1 Å². The Labute approximate surface area is 169 Å². The lowest BCUT2D eigenvalue weighted by molar-refractivity contribution is -0.142. The van der Waals surface area contributed by atoms with E-state index in [1.807, 2.05) is 30.3 Å². The summed E-state index contributed by atoms with van der Waals surface area (Å²) in [5.41, 5.74) is 1.63. The molecule has 3 aromatic heterocycles. The highest BCUT2D eigenvalue weighted by atomic mass is 19.4. The lowest BCUT2D eigenvalue weighted by Crippen LogP contribution is -2.38. The smallest absolute Gasteiger partial charge is 0.406 e. The Morgan fingerprint density at radius 1 is 1.10 bits per heavy atom. The summed E-state index contributed by atoms with van der Waals surface area (Å²) in [6.45, 7) is -1.20. The van der Waals surface area contributed by atoms with Crippen LogP contribution in [0.4, 0.5) is 13.2 Å². The summed E-state index contributed by atoms with van der Waals surface area (Å²) in [4.78, 5) is 17.8. The second-order valence-corrected chi connectivity index (χ2v) is 6.78. The fourth-order valence-electron chi connectivity index (χ4n) is 3.15. The van der Waals surface area contributed by atoms with Gasteiger partial charge in [0.15, 0.2) is 5.65 Å². The first-order chi connectivity index (χ1) is 14.4. The monoisotopic (exact) mass is 414 g/mol. The number of halogens is 3. The van der Waals surface area contributed by atoms with Crippen molar-refractivity contribution >= 4 is 16.9 Å². The van der Waals surface area contributed by atoms with Crippen molar-refractivity contribution in [2.45, 2.75) is 19.3 Å². The highest BCUT2D eigenvalue weighted by molar-refractivity contribution is 5.96. The Kier molecular flexibility index (Phi) is 5.26. The SMILES string of the molecule is O=C(c1cnc2c(cnn2Cc2ccccc2)c1)N(Cc1ccco1)CC(F)(F)F. The van der Waals surface area contributed by atoms with Gasteiger partial charge in [0.1, 0.15) is 12.3 Å². The molecule has 0 saturated heterocycles. The van der Waals surface area contributed by atoms with Gasteiger partial charge in [0.05, 0.1) is 31.1 Å². The summed E-state index contributed by atoms with van der Waals surface area (Å²) in [6, 6.07) is 14.2. The number of aromatic nitrogens is 3. The molecule has 0 aliphatic heterocycles. The highest BCUT2D eigenvalue weighted by Crippen LogP contribution is 2.22. The van der Waals surface area contributed by atoms with Gasteiger partial charge in [0, 0.05) is 11.6 Å². The predicted octanol–water partition coefficient (Wildman–Crippen LogP) is 4.28. The van der Waals surface area contributed by atoms with E-state index < -0.39 is 18.6 Å². The Morgan fingerprint density at radius 3 is 2.60 bits per heavy atom. The van der Waals surface area contributed by atoms with Gasteiger partial charge in [-0.15, -0.1) is 0 Å². The Hall–Kier alpha value is -3.62. The molecule has 4 rings (SSSR count). The molecular weight excluding hydrogens is 397 g/mol. The van der Waals surface area contributed by atoms with Crippen LogP contribution < -0.4 is 0 Å². The van der Waals surface area contributed by atoms with E-state index in [0.29, 0.717) is 22.5 Å². The fraction of sp³-hybridized carbons (Fsp3) is 0.190. The Bertz CT molecular complexity index is 1140. The first-order valence-electron chi connectivity index (χ1n) is 9.13. The largest absolute Gasteiger partial charge is 0.467 e. The summed E-state index contributed by atoms with van der Waals surface area (Å²) in [7, 11) is 0. The third kappa shape index (κ3) is 4.51. The Morgan fingerprint density at radius 2 is 1.90 bits per heavy atom. The van der Waals surface area contributed by atoms with Crippen molar-refractivity contribution in [1.82, 2.24) is 19.7 Å². The molecule has 0 fully saturated rings. The molecular formula is C21H17F3N4O2. The van der Waals surface area contributed by atoms with Gasteiger partial charge in [-0.3, -0.25) is 4.79 Å². The molecule has 0 spiro atoms. The third-order valence-electron chi connectivity index (χ3n) is 4.48. The Balaban J connectivity index is 1.59. The van der Waals surface area contributed by atoms with E-state index in [-0.39, 0.29) is 17.9 Å². The minimum absolute atomic E-state index is 0.0533. The number of hydrogen-bond donors (Lipinski definition) is 0. The summed E-state index contributed by atoms with van der Waals surface area (Å²) in [6.07, 6.45) is -0.372. The van der Waals surface area contributed by atoms with E-state index in [9.17, 15) is 18.0 Å². The number of hydrogen-bond acceptors (Lipinski definition) is 4. The quantitative estimate of drug-likeness (QED) is 0.473. The number of carbonyl (C=O) groups excluding carboxylic acids is 1. The van der Waals surface area contributed by atoms with Gasteiger partial charge < -0.3 is 9.32 Å². The van der Waals surface area contributed by atoms with Crippen LogP contribution in [0, 0.1) is 0 Å². The van der Waals surface area contributed by atoms with Crippen LogP contribution in [0.1, 0.15) is 21.7 Å². The average molecular weight is 414 g/mol. The summed E-state index contributed by atoms with van der Waals surface area (Å²) >= 11 is 0. The maximum atomic E-state index is 13.0. The lowest BCUT2D eigenvalue weighted by Gasteiger charge is -2.23. The van der Waals surface area contributed by atoms with Crippen LogP contribution in [0.25, 0.3) is 11.0 Å². The molecule has 4 aromatic rings. The van der Waals surface area contributed by atoms with Gasteiger partial charge in [0.2, 0.25) is 0 Å². The lowest BCUT2D eigenvalue weighted by atomic mass is 10.2. The van der Waals surface area contributed by atoms with E-state index in [1.165, 1.54) is 24.6 Å². The van der Waals surface area contributed by atoms with Gasteiger partial charge in [-0.05, 0) is 23.8 Å². The third-order valence-corrected chi connectivity index (χ3v) is 4.48. The second-order valence-electron chi connectivity index (χ2n) is 6.78. The molecule has 30 heavy (non-hydrogen) atoms. The van der Waals surface area contributed by atoms with E-state index in [4.69, 9.17) is 4.42 Å². The first-order valence-corrected chi connectivity index (χ1v) is 9.13. The maximum Gasteiger partial charge on any atom is 0.406 e. The summed E-state index contributed by atoms with van der Waals surface area (Å²) < 4.78 is 45.8. The highest BCUT2D eigenvalue weighted by Gasteiger charge is 2.34. The van der Waals surface area contributed by atoms with Gasteiger partial charge >= 0.3 is 6.18 Å². The van der Waals surface area contributed by atoms with Crippen molar-refractivity contribution in [3.8, 4) is 0 Å². The number of pyridine rings is 1. The van der Waals surface area contributed by atoms with Crippen molar-refractivity contribution in [2.24, 2.45) is 0 Å². The molecule has 0 aliphatic rings. The zero-order valence-electron chi connectivity index (χ0n) is 15.7. The zero-order valence-corrected chi connectivity index (χ0v) is 15.7. The van der Waals surface area contributed by atoms with Gasteiger partial charge in [-0.1, -0.05) is 30.3 Å². The minimum Gasteiger partial charge on any atom is -0.467 e. The molecule has 9 heteroatoms. The number of furan rings is 1. The molecule has 0 aliphatic carbocycles. The molecule has 0 bridgehead atoms. The molecule has 0 radical (unpaired) electrons. The van der Waals surface area contributed by atoms with Gasteiger partial charge in [-0.25, -0.2) is 9.67 Å². The minimum atomic E-state index is -4.54. The number of nitrogens with zero attached hydrogens (tertiary/aromatic N) is 4. The van der Waals surface area contributed by atoms with Crippen LogP contribution >= 0.6 is 0 Å². The van der Waals surface area contributed by atoms with Crippen molar-refractivity contribution in [1.29, 1.82) is 0 Å². The van der Waals surface area contributed by atoms with Gasteiger partial charge in [-0.2, -0.15) is 18.3 Å². The number of fused-ring (bicyclic) bond motifs is 1. The normalized spacial score (nSPS) is 11.7. The number of amides is 1. The zero-order chi connectivity index (χ0) is 21.1. The molecule has 0 unspecified atom stereocenters. The van der Waals surface area contributed by atoms with Crippen molar-refractivity contribution in [3.05, 3.63) is 84.1 Å². The van der Waals surface area contributed by atoms with Crippen LogP contribution in [0.15, 0.2) is 71.6 Å². The molecule has 0 N–H and O–H groups in total. The molecule has 0 atom stereocenters. The average Bonchev–Trinajstić information content (AvgIpc) is 3.36. The van der Waals surface area contributed by atoms with Crippen LogP contribution in [0.2, 0.25) is 0 Å². The van der Waals surface area contributed by atoms with Crippen LogP contribution in [-0.2, 0) is 13.1 Å². The molecule has 6 nitrogen and oxygen atoms in total. The van der Waals surface area contributed by atoms with Crippen molar-refractivity contribution in [3.63, 3.8) is 0 Å². The fourth-order valence-corrected chi connectivity index (χ4v) is 3.15. The topological polar surface area (TPSA) is 64.2 Å². The number of benzene rings is 1. The van der Waals surface area contributed by atoms with Crippen LogP contribution in [0.5, 0.6) is 0 Å². The van der Waals surface area contributed by atoms with Crippen molar-refractivity contribution < 1.29 is 22.4 Å². The van der Waals surface area contributed by atoms with Crippen LogP contribution in [-0.4, -0.2) is 38.3 Å². The van der Waals surface area contributed by atoms with Crippen molar-refractivity contribution in [2.75, 3.05) is 6.54 Å².